The Hall–Kier alpha value is -5.19. The van der Waals surface area contributed by atoms with Gasteiger partial charge in [-0.05, 0) is 191 Å². The Morgan fingerprint density at radius 1 is 0.610 bits per heavy atom. The van der Waals surface area contributed by atoms with Crippen molar-refractivity contribution in [3.05, 3.63) is 158 Å². The summed E-state index contributed by atoms with van der Waals surface area (Å²) in [6, 6.07) is 31.4. The molecular formula is C47H47Cl3N4O5. The molecule has 59 heavy (non-hydrogen) atoms. The molecule has 9 nitrogen and oxygen atoms in total. The number of anilines is 2. The van der Waals surface area contributed by atoms with Gasteiger partial charge in [-0.15, -0.1) is 12.4 Å². The number of likely N-dealkylation sites (tertiary alicyclic amines) is 1. The highest BCUT2D eigenvalue weighted by Crippen LogP contribution is 2.41. The van der Waals surface area contributed by atoms with Crippen LogP contribution < -0.4 is 20.7 Å². The zero-order valence-corrected chi connectivity index (χ0v) is 34.9. The molecule has 0 radical (unpaired) electrons. The summed E-state index contributed by atoms with van der Waals surface area (Å²) >= 11 is 11.9. The van der Waals surface area contributed by atoms with Gasteiger partial charge in [-0.3, -0.25) is 14.4 Å². The van der Waals surface area contributed by atoms with Crippen molar-refractivity contribution in [1.82, 2.24) is 10.2 Å². The second-order valence-electron chi connectivity index (χ2n) is 14.9. The van der Waals surface area contributed by atoms with Crippen LogP contribution in [0.2, 0.25) is 10.0 Å². The smallest absolute Gasteiger partial charge is 0.343 e. The van der Waals surface area contributed by atoms with Crippen molar-refractivity contribution in [2.24, 2.45) is 0 Å². The molecule has 5 aromatic carbocycles. The predicted molar refractivity (Wildman–Crippen MR) is 237 cm³/mol. The number of carbonyl (C=O) groups excluding carboxylic acids is 4. The van der Waals surface area contributed by atoms with Gasteiger partial charge in [0.15, 0.2) is 0 Å². The van der Waals surface area contributed by atoms with Gasteiger partial charge in [0.05, 0.1) is 5.56 Å². The molecule has 1 fully saturated rings. The van der Waals surface area contributed by atoms with Crippen molar-refractivity contribution in [1.29, 1.82) is 0 Å². The van der Waals surface area contributed by atoms with E-state index in [0.29, 0.717) is 50.2 Å². The maximum absolute atomic E-state index is 13.6. The monoisotopic (exact) mass is 852 g/mol. The van der Waals surface area contributed by atoms with Gasteiger partial charge < -0.3 is 25.6 Å². The van der Waals surface area contributed by atoms with Gasteiger partial charge in [-0.1, -0.05) is 35.3 Å². The summed E-state index contributed by atoms with van der Waals surface area (Å²) in [5, 5.41) is 9.83. The second-order valence-corrected chi connectivity index (χ2v) is 15.7. The number of nitrogens with one attached hydrogen (secondary N) is 3. The van der Waals surface area contributed by atoms with Crippen LogP contribution in [0.5, 0.6) is 5.75 Å². The van der Waals surface area contributed by atoms with Gasteiger partial charge >= 0.3 is 5.97 Å². The van der Waals surface area contributed by atoms with Crippen molar-refractivity contribution >= 4 is 70.7 Å². The Kier molecular flexibility index (Phi) is 15.2. The minimum Gasteiger partial charge on any atom is -0.422 e. The highest BCUT2D eigenvalue weighted by Gasteiger charge is 2.28. The standard InChI is InChI=1S/C47H46Cl2N4O5.ClH/c48-37-16-7-34(8-17-37)45(55)51-39-20-11-33(12-21-39)44(54)50-27-3-4-28-53-29-25-32(26-30-53)42-24-15-31-5-1-2-6-41(31)43(42)58-47(57)36-13-22-40(23-14-36)52-46(56)35-9-18-38(49)19-10-35;/h7-24,32H,1-6,25-30H2,(H,50,54)(H,51,55)(H,52,56);1H. The molecule has 1 heterocycles. The molecule has 0 saturated carbocycles. The van der Waals surface area contributed by atoms with Crippen LogP contribution >= 0.6 is 35.6 Å². The second kappa shape index (κ2) is 20.7. The predicted octanol–water partition coefficient (Wildman–Crippen LogP) is 10.4. The van der Waals surface area contributed by atoms with E-state index in [2.05, 4.69) is 33.0 Å². The van der Waals surface area contributed by atoms with Gasteiger partial charge in [0.2, 0.25) is 0 Å². The van der Waals surface area contributed by atoms with E-state index in [4.69, 9.17) is 27.9 Å². The van der Waals surface area contributed by atoms with Gasteiger partial charge in [-0.2, -0.15) is 0 Å². The van der Waals surface area contributed by atoms with E-state index in [1.165, 1.54) is 5.56 Å². The number of rotatable bonds is 13. The van der Waals surface area contributed by atoms with E-state index in [0.717, 1.165) is 87.9 Å². The molecule has 1 aliphatic heterocycles. The van der Waals surface area contributed by atoms with E-state index in [1.807, 2.05) is 0 Å². The summed E-state index contributed by atoms with van der Waals surface area (Å²) < 4.78 is 6.29. The first-order valence-corrected chi connectivity index (χ1v) is 20.7. The van der Waals surface area contributed by atoms with E-state index >= 15 is 0 Å². The molecule has 0 atom stereocenters. The van der Waals surface area contributed by atoms with E-state index in [1.54, 1.807) is 97.1 Å². The molecule has 0 aromatic heterocycles. The first-order chi connectivity index (χ1) is 28.2. The van der Waals surface area contributed by atoms with E-state index < -0.39 is 5.97 Å². The first-order valence-electron chi connectivity index (χ1n) is 19.9. The lowest BCUT2D eigenvalue weighted by Crippen LogP contribution is -2.34. The number of amides is 3. The minimum atomic E-state index is -0.406. The highest BCUT2D eigenvalue weighted by molar-refractivity contribution is 6.31. The van der Waals surface area contributed by atoms with Gasteiger partial charge in [0, 0.05) is 44.7 Å². The lowest BCUT2D eigenvalue weighted by molar-refractivity contribution is 0.0728. The number of hydrogen-bond acceptors (Lipinski definition) is 6. The molecule has 12 heteroatoms. The van der Waals surface area contributed by atoms with Crippen LogP contribution in [-0.4, -0.2) is 54.8 Å². The average molecular weight is 854 g/mol. The Morgan fingerprint density at radius 2 is 1.12 bits per heavy atom. The summed E-state index contributed by atoms with van der Waals surface area (Å²) in [4.78, 5) is 54.0. The maximum Gasteiger partial charge on any atom is 0.343 e. The molecular weight excluding hydrogens is 807 g/mol. The van der Waals surface area contributed by atoms with Crippen LogP contribution in [0.15, 0.2) is 109 Å². The molecule has 7 rings (SSSR count). The van der Waals surface area contributed by atoms with Crippen LogP contribution in [0.1, 0.15) is 103 Å². The molecule has 0 spiro atoms. The molecule has 5 aromatic rings. The van der Waals surface area contributed by atoms with Crippen LogP contribution in [0.3, 0.4) is 0 Å². The molecule has 1 aliphatic carbocycles. The summed E-state index contributed by atoms with van der Waals surface area (Å²) in [5.41, 5.74) is 6.65. The summed E-state index contributed by atoms with van der Waals surface area (Å²) in [5.74, 6) is -0.0444. The normalized spacial score (nSPS) is 14.0. The number of carbonyl (C=O) groups is 4. The number of esters is 1. The van der Waals surface area contributed by atoms with Crippen molar-refractivity contribution in [2.45, 2.75) is 57.3 Å². The lowest BCUT2D eigenvalue weighted by Gasteiger charge is -2.33. The van der Waals surface area contributed by atoms with Crippen LogP contribution in [-0.2, 0) is 12.8 Å². The zero-order valence-electron chi connectivity index (χ0n) is 32.6. The minimum absolute atomic E-state index is 0. The van der Waals surface area contributed by atoms with Crippen LogP contribution in [0, 0.1) is 0 Å². The topological polar surface area (TPSA) is 117 Å². The van der Waals surface area contributed by atoms with Crippen LogP contribution in [0.4, 0.5) is 11.4 Å². The summed E-state index contributed by atoms with van der Waals surface area (Å²) in [6.45, 7) is 3.43. The number of aryl methyl sites for hydroxylation is 1. The fraction of sp³-hybridized carbons (Fsp3) is 0.277. The fourth-order valence-corrected chi connectivity index (χ4v) is 7.89. The van der Waals surface area contributed by atoms with Gasteiger partial charge in [0.1, 0.15) is 5.75 Å². The number of unbranched alkanes of at least 4 members (excludes halogenated alkanes) is 1. The summed E-state index contributed by atoms with van der Waals surface area (Å²) in [7, 11) is 0. The quantitative estimate of drug-likeness (QED) is 0.0617. The van der Waals surface area contributed by atoms with Crippen LogP contribution in [0.25, 0.3) is 0 Å². The third kappa shape index (κ3) is 11.5. The SMILES string of the molecule is Cl.O=C(NCCCCN1CCC(c2ccc3c(c2OC(=O)c2ccc(NC(=O)c4ccc(Cl)cc4)cc2)CCCC3)CC1)c1ccc(NC(=O)c2ccc(Cl)cc2)cc1. The average Bonchev–Trinajstić information content (AvgIpc) is 3.25. The molecule has 0 bridgehead atoms. The number of fused-ring (bicyclic) bond motifs is 1. The molecule has 3 N–H and O–H groups in total. The van der Waals surface area contributed by atoms with E-state index in [9.17, 15) is 19.2 Å². The van der Waals surface area contributed by atoms with Gasteiger partial charge in [0.25, 0.3) is 17.7 Å². The number of benzene rings is 5. The largest absolute Gasteiger partial charge is 0.422 e. The number of hydrogen-bond donors (Lipinski definition) is 3. The van der Waals surface area contributed by atoms with Crippen molar-refractivity contribution < 1.29 is 23.9 Å². The zero-order chi connectivity index (χ0) is 40.4. The van der Waals surface area contributed by atoms with Crippen molar-refractivity contribution in [3.63, 3.8) is 0 Å². The third-order valence-corrected chi connectivity index (χ3v) is 11.4. The third-order valence-electron chi connectivity index (χ3n) is 10.9. The molecule has 3 amide bonds. The fourth-order valence-electron chi connectivity index (χ4n) is 7.64. The first kappa shape index (κ1) is 43.4. The van der Waals surface area contributed by atoms with E-state index in [-0.39, 0.29) is 36.0 Å². The molecule has 0 unspecified atom stereocenters. The number of ether oxygens (including phenoxy) is 1. The van der Waals surface area contributed by atoms with Gasteiger partial charge in [-0.25, -0.2) is 4.79 Å². The number of piperidine rings is 1. The Morgan fingerprint density at radius 3 is 1.69 bits per heavy atom. The molecule has 1 saturated heterocycles. The molecule has 306 valence electrons. The van der Waals surface area contributed by atoms with Crippen molar-refractivity contribution in [3.8, 4) is 5.75 Å². The Labute approximate surface area is 361 Å². The highest BCUT2D eigenvalue weighted by atomic mass is 35.5. The molecule has 2 aliphatic rings. The number of nitrogens with zero attached hydrogens (tertiary/aromatic N) is 1. The van der Waals surface area contributed by atoms with Crippen molar-refractivity contribution in [2.75, 3.05) is 36.8 Å². The maximum atomic E-state index is 13.6. The number of halogens is 3. The Bertz CT molecular complexity index is 2240. The Balaban J connectivity index is 0.00000585. The summed E-state index contributed by atoms with van der Waals surface area (Å²) in [6.07, 6.45) is 7.85. The lowest BCUT2D eigenvalue weighted by atomic mass is 9.83.